The number of anilines is 2. The summed E-state index contributed by atoms with van der Waals surface area (Å²) in [6, 6.07) is 18.1. The Bertz CT molecular complexity index is 1050. The van der Waals surface area contributed by atoms with Gasteiger partial charge in [0.05, 0.1) is 31.4 Å². The molecule has 2 heterocycles. The van der Waals surface area contributed by atoms with Gasteiger partial charge >= 0.3 is 0 Å². The zero-order chi connectivity index (χ0) is 21.6. The minimum absolute atomic E-state index is 0.0371. The van der Waals surface area contributed by atoms with Crippen LogP contribution in [0.5, 0.6) is 5.75 Å². The lowest BCUT2D eigenvalue weighted by atomic mass is 10.1. The highest BCUT2D eigenvalue weighted by molar-refractivity contribution is 5.94. The molecule has 0 atom stereocenters. The van der Waals surface area contributed by atoms with Crippen molar-refractivity contribution in [1.29, 1.82) is 0 Å². The molecule has 1 fully saturated rings. The van der Waals surface area contributed by atoms with Crippen molar-refractivity contribution >= 4 is 23.2 Å². The Balaban J connectivity index is 1.26. The average molecular weight is 418 g/mol. The monoisotopic (exact) mass is 418 g/mol. The molecular weight excluding hydrogens is 396 g/mol. The minimum Gasteiger partial charge on any atom is -0.487 e. The van der Waals surface area contributed by atoms with Crippen molar-refractivity contribution in [2.75, 3.05) is 23.3 Å². The third kappa shape index (κ3) is 5.18. The highest BCUT2D eigenvalue weighted by Crippen LogP contribution is 2.25. The molecule has 0 radical (unpaired) electrons. The van der Waals surface area contributed by atoms with Crippen molar-refractivity contribution in [3.05, 3.63) is 84.2 Å². The summed E-state index contributed by atoms with van der Waals surface area (Å²) in [6.45, 7) is 1.39. The van der Waals surface area contributed by atoms with E-state index < -0.39 is 5.91 Å². The van der Waals surface area contributed by atoms with E-state index in [1.807, 2.05) is 30.3 Å². The molecule has 1 aliphatic rings. The van der Waals surface area contributed by atoms with E-state index in [2.05, 4.69) is 15.2 Å². The summed E-state index contributed by atoms with van der Waals surface area (Å²) in [4.78, 5) is 29.8. The van der Waals surface area contributed by atoms with Crippen LogP contribution in [0.15, 0.2) is 73.1 Å². The molecule has 1 aromatic heterocycles. The topological polar surface area (TPSA) is 104 Å². The van der Waals surface area contributed by atoms with E-state index in [1.165, 1.54) is 0 Å². The van der Waals surface area contributed by atoms with Crippen LogP contribution < -0.4 is 20.4 Å². The Hall–Kier alpha value is -3.91. The van der Waals surface area contributed by atoms with E-state index in [0.717, 1.165) is 17.0 Å². The largest absolute Gasteiger partial charge is 0.487 e. The van der Waals surface area contributed by atoms with Gasteiger partial charge in [-0.05, 0) is 48.0 Å². The van der Waals surface area contributed by atoms with Crippen LogP contribution >= 0.6 is 0 Å². The van der Waals surface area contributed by atoms with Gasteiger partial charge in [-0.2, -0.15) is 0 Å². The first-order valence-corrected chi connectivity index (χ1v) is 9.85. The van der Waals surface area contributed by atoms with Gasteiger partial charge in [-0.1, -0.05) is 18.2 Å². The Morgan fingerprint density at radius 1 is 1.10 bits per heavy atom. The molecule has 0 bridgehead atoms. The Kier molecular flexibility index (Phi) is 6.09. The smallest absolute Gasteiger partial charge is 0.274 e. The second-order valence-corrected chi connectivity index (χ2v) is 7.25. The summed E-state index contributed by atoms with van der Waals surface area (Å²) in [6.07, 6.45) is 3.57. The molecule has 2 aromatic carbocycles. The number of nitrogens with one attached hydrogen (secondary N) is 2. The zero-order valence-electron chi connectivity index (χ0n) is 16.7. The Morgan fingerprint density at radius 2 is 1.90 bits per heavy atom. The standard InChI is InChI=1S/C23H22N4O4/c28-22(25-18-4-2-10-24-13-18)11-16-6-8-20(9-7-16)31-21-14-27(15-21)19-5-1-3-17(12-19)23(29)26-30/h1-10,12-13,21,30H,11,14-15H2,(H,25,28)(H,26,29). The number of pyridine rings is 1. The maximum Gasteiger partial charge on any atom is 0.274 e. The van der Waals surface area contributed by atoms with Crippen LogP contribution in [0, 0.1) is 0 Å². The van der Waals surface area contributed by atoms with Gasteiger partial charge in [-0.25, -0.2) is 5.48 Å². The normalized spacial score (nSPS) is 13.3. The molecule has 0 unspecified atom stereocenters. The molecule has 8 nitrogen and oxygen atoms in total. The molecular formula is C23H22N4O4. The molecule has 2 amide bonds. The molecule has 8 heteroatoms. The third-order valence-corrected chi connectivity index (χ3v) is 4.96. The highest BCUT2D eigenvalue weighted by Gasteiger charge is 2.29. The summed E-state index contributed by atoms with van der Waals surface area (Å²) in [5.41, 5.74) is 4.50. The Labute approximate surface area is 179 Å². The number of amides is 2. The number of carbonyl (C=O) groups excluding carboxylic acids is 2. The molecule has 0 saturated carbocycles. The van der Waals surface area contributed by atoms with Crippen molar-refractivity contribution in [3.8, 4) is 5.75 Å². The third-order valence-electron chi connectivity index (χ3n) is 4.96. The molecule has 3 N–H and O–H groups in total. The lowest BCUT2D eigenvalue weighted by molar-refractivity contribution is -0.115. The number of hydrogen-bond donors (Lipinski definition) is 3. The van der Waals surface area contributed by atoms with Crippen molar-refractivity contribution in [3.63, 3.8) is 0 Å². The lowest BCUT2D eigenvalue weighted by Gasteiger charge is -2.40. The van der Waals surface area contributed by atoms with E-state index in [0.29, 0.717) is 24.3 Å². The van der Waals surface area contributed by atoms with Crippen LogP contribution in [0.2, 0.25) is 0 Å². The molecule has 4 rings (SSSR count). The molecule has 1 saturated heterocycles. The summed E-state index contributed by atoms with van der Waals surface area (Å²) < 4.78 is 5.99. The van der Waals surface area contributed by atoms with Gasteiger partial charge in [0.2, 0.25) is 5.91 Å². The molecule has 31 heavy (non-hydrogen) atoms. The fraction of sp³-hybridized carbons (Fsp3) is 0.174. The highest BCUT2D eigenvalue weighted by atomic mass is 16.5. The molecule has 3 aromatic rings. The Morgan fingerprint density at radius 3 is 2.61 bits per heavy atom. The predicted molar refractivity (Wildman–Crippen MR) is 115 cm³/mol. The molecule has 1 aliphatic heterocycles. The van der Waals surface area contributed by atoms with Crippen molar-refractivity contribution in [2.45, 2.75) is 12.5 Å². The van der Waals surface area contributed by atoms with Gasteiger partial charge in [-0.15, -0.1) is 0 Å². The number of ether oxygens (including phenoxy) is 1. The van der Waals surface area contributed by atoms with E-state index >= 15 is 0 Å². The molecule has 158 valence electrons. The van der Waals surface area contributed by atoms with Gasteiger partial charge in [0.1, 0.15) is 11.9 Å². The summed E-state index contributed by atoms with van der Waals surface area (Å²) >= 11 is 0. The number of hydroxylamine groups is 1. The van der Waals surface area contributed by atoms with Crippen LogP contribution in [0.1, 0.15) is 15.9 Å². The molecule has 0 spiro atoms. The van der Waals surface area contributed by atoms with Crippen LogP contribution in [-0.2, 0) is 11.2 Å². The minimum atomic E-state index is -0.538. The van der Waals surface area contributed by atoms with Crippen molar-refractivity contribution in [2.24, 2.45) is 0 Å². The SMILES string of the molecule is O=C(Cc1ccc(OC2CN(c3cccc(C(=O)NO)c3)C2)cc1)Nc1cccnc1. The zero-order valence-corrected chi connectivity index (χ0v) is 16.7. The first kappa shape index (κ1) is 20.4. The van der Waals surface area contributed by atoms with Gasteiger partial charge in [0, 0.05) is 17.4 Å². The number of carbonyl (C=O) groups is 2. The fourth-order valence-corrected chi connectivity index (χ4v) is 3.34. The number of rotatable bonds is 7. The molecule has 0 aliphatic carbocycles. The number of hydrogen-bond acceptors (Lipinski definition) is 6. The quantitative estimate of drug-likeness (QED) is 0.403. The van der Waals surface area contributed by atoms with Crippen LogP contribution in [-0.4, -0.2) is 41.2 Å². The van der Waals surface area contributed by atoms with Crippen LogP contribution in [0.3, 0.4) is 0 Å². The summed E-state index contributed by atoms with van der Waals surface area (Å²) in [7, 11) is 0. The summed E-state index contributed by atoms with van der Waals surface area (Å²) in [5, 5.41) is 11.6. The predicted octanol–water partition coefficient (Wildman–Crippen LogP) is 2.65. The second kappa shape index (κ2) is 9.27. The number of nitrogens with zero attached hydrogens (tertiary/aromatic N) is 2. The van der Waals surface area contributed by atoms with E-state index in [4.69, 9.17) is 9.94 Å². The van der Waals surface area contributed by atoms with Gasteiger partial charge in [-0.3, -0.25) is 19.8 Å². The summed E-state index contributed by atoms with van der Waals surface area (Å²) in [5.74, 6) is 0.104. The fourth-order valence-electron chi connectivity index (χ4n) is 3.34. The van der Waals surface area contributed by atoms with Crippen LogP contribution in [0.4, 0.5) is 11.4 Å². The first-order chi connectivity index (χ1) is 15.1. The van der Waals surface area contributed by atoms with Crippen molar-refractivity contribution in [1.82, 2.24) is 10.5 Å². The van der Waals surface area contributed by atoms with Crippen LogP contribution in [0.25, 0.3) is 0 Å². The number of benzene rings is 2. The maximum atomic E-state index is 12.1. The number of aromatic nitrogens is 1. The van der Waals surface area contributed by atoms with Gasteiger partial charge in [0.25, 0.3) is 5.91 Å². The lowest BCUT2D eigenvalue weighted by Crippen LogP contribution is -2.54. The van der Waals surface area contributed by atoms with Gasteiger partial charge < -0.3 is 15.0 Å². The van der Waals surface area contributed by atoms with E-state index in [1.54, 1.807) is 48.2 Å². The van der Waals surface area contributed by atoms with Crippen molar-refractivity contribution < 1.29 is 19.5 Å². The second-order valence-electron chi connectivity index (χ2n) is 7.25. The maximum absolute atomic E-state index is 12.1. The van der Waals surface area contributed by atoms with E-state index in [-0.39, 0.29) is 18.4 Å². The van der Waals surface area contributed by atoms with E-state index in [9.17, 15) is 9.59 Å². The first-order valence-electron chi connectivity index (χ1n) is 9.85. The van der Waals surface area contributed by atoms with Gasteiger partial charge in [0.15, 0.2) is 0 Å². The average Bonchev–Trinajstić information content (AvgIpc) is 2.77.